The highest BCUT2D eigenvalue weighted by Crippen LogP contribution is 2.61. The zero-order valence-electron chi connectivity index (χ0n) is 34.8. The summed E-state index contributed by atoms with van der Waals surface area (Å²) in [5.41, 5.74) is 5.41. The van der Waals surface area contributed by atoms with E-state index in [1.54, 1.807) is 12.1 Å². The van der Waals surface area contributed by atoms with Gasteiger partial charge >= 0.3 is 0 Å². The number of thiazole rings is 1. The molecule has 1 amide bonds. The number of aromatic nitrogens is 1. The lowest BCUT2D eigenvalue weighted by molar-refractivity contribution is -0.384. The second kappa shape index (κ2) is 17.2. The number of piperidine rings is 1. The van der Waals surface area contributed by atoms with Gasteiger partial charge in [0.2, 0.25) is 0 Å². The van der Waals surface area contributed by atoms with E-state index in [1.807, 2.05) is 34.8 Å². The van der Waals surface area contributed by atoms with Crippen molar-refractivity contribution in [3.63, 3.8) is 0 Å². The van der Waals surface area contributed by atoms with E-state index in [1.165, 1.54) is 82.2 Å². The van der Waals surface area contributed by atoms with Crippen LogP contribution in [0.1, 0.15) is 85.8 Å². The van der Waals surface area contributed by atoms with Crippen LogP contribution in [0.25, 0.3) is 20.3 Å². The summed E-state index contributed by atoms with van der Waals surface area (Å²) in [6.07, 6.45) is 13.2. The van der Waals surface area contributed by atoms with Crippen molar-refractivity contribution in [3.8, 4) is 20.3 Å². The minimum atomic E-state index is -4.38. The Morgan fingerprint density at radius 3 is 2.27 bits per heavy atom. The Labute approximate surface area is 371 Å². The minimum absolute atomic E-state index is 0.183. The van der Waals surface area contributed by atoms with Crippen molar-refractivity contribution in [2.24, 2.45) is 29.6 Å². The second-order valence-electron chi connectivity index (χ2n) is 18.5. The Morgan fingerprint density at radius 2 is 1.56 bits per heavy atom. The average Bonchev–Trinajstić information content (AvgIpc) is 3.98. The van der Waals surface area contributed by atoms with E-state index >= 15 is 0 Å². The maximum atomic E-state index is 13.2. The molecule has 0 unspecified atom stereocenters. The van der Waals surface area contributed by atoms with Gasteiger partial charge in [-0.1, -0.05) is 24.3 Å². The molecule has 4 bridgehead atoms. The van der Waals surface area contributed by atoms with Crippen molar-refractivity contribution < 1.29 is 22.9 Å². The molecule has 4 saturated carbocycles. The van der Waals surface area contributed by atoms with Crippen molar-refractivity contribution in [2.75, 3.05) is 43.1 Å². The molecular weight excluding hydrogens is 839 g/mol. The maximum Gasteiger partial charge on any atom is 0.293 e. The van der Waals surface area contributed by atoms with Crippen molar-refractivity contribution in [3.05, 3.63) is 111 Å². The summed E-state index contributed by atoms with van der Waals surface area (Å²) in [4.78, 5) is 34.3. The molecule has 4 aliphatic carbocycles. The fourth-order valence-corrected chi connectivity index (χ4v) is 14.6. The number of amides is 1. The second-order valence-corrected chi connectivity index (χ2v) is 22.2. The van der Waals surface area contributed by atoms with Crippen molar-refractivity contribution in [1.82, 2.24) is 9.71 Å². The first-order valence-electron chi connectivity index (χ1n) is 22.2. The van der Waals surface area contributed by atoms with Crippen LogP contribution in [-0.2, 0) is 26.6 Å². The number of carbonyl (C=O) groups excluding carboxylic acids is 1. The van der Waals surface area contributed by atoms with Gasteiger partial charge in [-0.05, 0) is 160 Å². The van der Waals surface area contributed by atoms with Crippen LogP contribution in [0.5, 0.6) is 0 Å². The molecule has 3 aromatic carbocycles. The number of thiophene rings is 1. The Kier molecular flexibility index (Phi) is 11.5. The van der Waals surface area contributed by atoms with E-state index in [9.17, 15) is 23.3 Å². The number of anilines is 2. The molecular formula is C48H53N5O6S3. The van der Waals surface area contributed by atoms with E-state index in [4.69, 9.17) is 9.72 Å². The third kappa shape index (κ3) is 8.55. The molecule has 324 valence electrons. The number of sulfonamides is 1. The summed E-state index contributed by atoms with van der Waals surface area (Å²) in [7, 11) is -4.38. The van der Waals surface area contributed by atoms with Gasteiger partial charge in [0.25, 0.3) is 21.6 Å². The number of benzene rings is 3. The predicted octanol–water partition coefficient (Wildman–Crippen LogP) is 10.3. The van der Waals surface area contributed by atoms with Gasteiger partial charge in [0.15, 0.2) is 0 Å². The number of carbonyl (C=O) groups is 1. The van der Waals surface area contributed by atoms with Crippen LogP contribution in [0.2, 0.25) is 0 Å². The fraction of sp³-hybridized carbons (Fsp3) is 0.458. The Balaban J connectivity index is 0.737. The van der Waals surface area contributed by atoms with E-state index in [2.05, 4.69) is 56.7 Å². The number of hydrogen-bond donors (Lipinski definition) is 2. The Hall–Kier alpha value is -4.63. The summed E-state index contributed by atoms with van der Waals surface area (Å²) in [6.45, 7) is 3.58. The Bertz CT molecular complexity index is 2520. The quantitative estimate of drug-likeness (QED) is 0.0872. The summed E-state index contributed by atoms with van der Waals surface area (Å²) in [6, 6.07) is 24.0. The first kappa shape index (κ1) is 41.4. The van der Waals surface area contributed by atoms with Gasteiger partial charge in [-0.2, -0.15) is 0 Å². The van der Waals surface area contributed by atoms with Crippen molar-refractivity contribution in [2.45, 2.75) is 80.9 Å². The van der Waals surface area contributed by atoms with Gasteiger partial charge in [-0.15, -0.1) is 22.7 Å². The zero-order chi connectivity index (χ0) is 42.4. The summed E-state index contributed by atoms with van der Waals surface area (Å²) in [5.74, 6) is 2.78. The highest BCUT2D eigenvalue weighted by atomic mass is 32.2. The smallest absolute Gasteiger partial charge is 0.293 e. The summed E-state index contributed by atoms with van der Waals surface area (Å²) in [5, 5.41) is 18.5. The maximum absolute atomic E-state index is 13.2. The molecule has 2 aromatic heterocycles. The molecule has 2 aliphatic heterocycles. The third-order valence-corrected chi connectivity index (χ3v) is 17.9. The van der Waals surface area contributed by atoms with Gasteiger partial charge < -0.3 is 15.0 Å². The minimum Gasteiger partial charge on any atom is -0.381 e. The average molecular weight is 892 g/mol. The molecule has 2 saturated heterocycles. The lowest BCUT2D eigenvalue weighted by Gasteiger charge is -2.56. The molecule has 2 N–H and O–H groups in total. The molecule has 14 heteroatoms. The first-order valence-corrected chi connectivity index (χ1v) is 25.4. The Morgan fingerprint density at radius 1 is 0.871 bits per heavy atom. The van der Waals surface area contributed by atoms with Gasteiger partial charge in [0, 0.05) is 65.8 Å². The first-order chi connectivity index (χ1) is 30.1. The monoisotopic (exact) mass is 891 g/mol. The number of hydrogen-bond acceptors (Lipinski definition) is 11. The predicted molar refractivity (Wildman–Crippen MR) is 246 cm³/mol. The van der Waals surface area contributed by atoms with Crippen LogP contribution in [0.4, 0.5) is 17.1 Å². The molecule has 62 heavy (non-hydrogen) atoms. The topological polar surface area (TPSA) is 144 Å². The summed E-state index contributed by atoms with van der Waals surface area (Å²) < 4.78 is 34.0. The van der Waals surface area contributed by atoms with Crippen molar-refractivity contribution in [1.29, 1.82) is 0 Å². The molecule has 11 nitrogen and oxygen atoms in total. The molecule has 6 fully saturated rings. The standard InChI is InChI=1S/C48H53N5O6S3/c54-46(51-62(57,58)39-9-10-41(42(25-39)53(55)56)49-29-32-15-19-59-20-16-32)36-5-7-38(8-6-36)52-17-13-31(14-18-52)24-37-3-1-2-4-40(37)43-11-12-44(61-43)47-50-45(30-60-47)48-26-33-21-34(27-48)23-35(22-33)28-48/h1-12,25,30-35,49H,13-24,26-29H2,(H,51,54). The van der Waals surface area contributed by atoms with E-state index in [-0.39, 0.29) is 21.8 Å². The lowest BCUT2D eigenvalue weighted by Crippen LogP contribution is -2.48. The van der Waals surface area contributed by atoms with Crippen LogP contribution in [0.3, 0.4) is 0 Å². The van der Waals surface area contributed by atoms with Crippen molar-refractivity contribution >= 4 is 55.7 Å². The summed E-state index contributed by atoms with van der Waals surface area (Å²) >= 11 is 3.69. The van der Waals surface area contributed by atoms with E-state index < -0.39 is 20.9 Å². The molecule has 0 radical (unpaired) electrons. The van der Waals surface area contributed by atoms with Gasteiger partial charge in [0.1, 0.15) is 10.7 Å². The normalized spacial score (nSPS) is 24.0. The van der Waals surface area contributed by atoms with Crippen LogP contribution in [-0.4, -0.2) is 57.1 Å². The molecule has 11 rings (SSSR count). The largest absolute Gasteiger partial charge is 0.381 e. The number of nitrogens with zero attached hydrogens (tertiary/aromatic N) is 3. The number of nitro groups is 1. The van der Waals surface area contributed by atoms with Crippen LogP contribution in [0.15, 0.2) is 89.1 Å². The van der Waals surface area contributed by atoms with E-state index in [0.29, 0.717) is 37.0 Å². The molecule has 0 atom stereocenters. The molecule has 6 aliphatic rings. The van der Waals surface area contributed by atoms with Gasteiger partial charge in [0.05, 0.1) is 20.4 Å². The van der Waals surface area contributed by atoms with Crippen LogP contribution >= 0.6 is 22.7 Å². The number of rotatable bonds is 13. The highest BCUT2D eigenvalue weighted by Gasteiger charge is 2.52. The van der Waals surface area contributed by atoms with E-state index in [0.717, 1.165) is 74.7 Å². The SMILES string of the molecule is O=C(NS(=O)(=O)c1ccc(NCC2CCOCC2)c([N+](=O)[O-])c1)c1ccc(N2CCC(Cc3ccccc3-c3ccc(-c4nc(C56CC7CC(CC(C7)C5)C6)cs4)s3)CC2)cc1. The number of nitrogens with one attached hydrogen (secondary N) is 2. The molecule has 4 heterocycles. The molecule has 0 spiro atoms. The molecule has 5 aromatic rings. The zero-order valence-corrected chi connectivity index (χ0v) is 37.2. The third-order valence-electron chi connectivity index (χ3n) is 14.4. The lowest BCUT2D eigenvalue weighted by atomic mass is 9.49. The fourth-order valence-electron chi connectivity index (χ4n) is 11.5. The highest BCUT2D eigenvalue weighted by molar-refractivity contribution is 7.90. The number of nitro benzene ring substituents is 1. The van der Waals surface area contributed by atoms with Gasteiger partial charge in [-0.3, -0.25) is 14.9 Å². The van der Waals surface area contributed by atoms with Gasteiger partial charge in [-0.25, -0.2) is 18.1 Å². The van der Waals surface area contributed by atoms with Crippen LogP contribution in [0, 0.1) is 39.7 Å². The number of ether oxygens (including phenoxy) is 1. The van der Waals surface area contributed by atoms with Crippen LogP contribution < -0.4 is 14.9 Å².